The molecule has 0 aliphatic heterocycles. The van der Waals surface area contributed by atoms with Crippen molar-refractivity contribution >= 4 is 21.3 Å². The van der Waals surface area contributed by atoms with E-state index >= 15 is 0 Å². The highest BCUT2D eigenvalue weighted by Crippen LogP contribution is 2.10. The van der Waals surface area contributed by atoms with E-state index in [0.717, 1.165) is 11.3 Å². The third-order valence-electron chi connectivity index (χ3n) is 0.709. The van der Waals surface area contributed by atoms with Crippen molar-refractivity contribution in [2.75, 3.05) is 0 Å². The molecule has 0 aromatic carbocycles. The molecule has 3 N–H and O–H groups in total. The number of nitrogens with two attached hydrogens (primary N) is 1. The van der Waals surface area contributed by atoms with Crippen LogP contribution in [0.4, 0.5) is 0 Å². The van der Waals surface area contributed by atoms with E-state index in [9.17, 15) is 4.21 Å². The summed E-state index contributed by atoms with van der Waals surface area (Å²) in [5.74, 6) is 0. The monoisotopic (exact) mass is 163 g/mol. The van der Waals surface area contributed by atoms with Crippen LogP contribution in [0, 0.1) is 4.78 Å². The minimum atomic E-state index is -3.00. The average molecular weight is 163 g/mol. The molecule has 0 spiro atoms. The molecule has 50 valence electrons. The van der Waals surface area contributed by atoms with Crippen molar-refractivity contribution < 1.29 is 4.21 Å². The van der Waals surface area contributed by atoms with Gasteiger partial charge in [-0.1, -0.05) is 0 Å². The van der Waals surface area contributed by atoms with E-state index in [1.807, 2.05) is 0 Å². The predicted molar refractivity (Wildman–Crippen MR) is 35.4 cm³/mol. The van der Waals surface area contributed by atoms with Gasteiger partial charge in [0.2, 0.25) is 0 Å². The van der Waals surface area contributed by atoms with Crippen LogP contribution < -0.4 is 5.14 Å². The van der Waals surface area contributed by atoms with E-state index in [2.05, 4.69) is 4.98 Å². The van der Waals surface area contributed by atoms with Gasteiger partial charge in [-0.25, -0.2) is 14.1 Å². The van der Waals surface area contributed by atoms with E-state index < -0.39 is 9.92 Å². The van der Waals surface area contributed by atoms with Gasteiger partial charge in [0.05, 0.1) is 11.7 Å². The first-order chi connectivity index (χ1) is 4.11. The molecule has 1 atom stereocenters. The normalized spacial score (nSPS) is 17.0. The Morgan fingerprint density at radius 2 is 2.56 bits per heavy atom. The number of hydrogen-bond donors (Lipinski definition) is 2. The van der Waals surface area contributed by atoms with Gasteiger partial charge in [-0.3, -0.25) is 4.98 Å². The maximum absolute atomic E-state index is 10.7. The van der Waals surface area contributed by atoms with Crippen LogP contribution in [0.15, 0.2) is 15.9 Å². The molecule has 1 aromatic heterocycles. The first kappa shape index (κ1) is 6.66. The molecule has 0 amide bonds. The molecule has 0 aliphatic rings. The number of rotatable bonds is 1. The zero-order valence-corrected chi connectivity index (χ0v) is 6.04. The van der Waals surface area contributed by atoms with E-state index in [1.165, 1.54) is 11.7 Å². The lowest BCUT2D eigenvalue weighted by Crippen LogP contribution is -2.07. The molecular weight excluding hydrogens is 158 g/mol. The van der Waals surface area contributed by atoms with Gasteiger partial charge >= 0.3 is 0 Å². The van der Waals surface area contributed by atoms with Gasteiger partial charge in [0.25, 0.3) is 0 Å². The fourth-order valence-corrected chi connectivity index (χ4v) is 1.62. The van der Waals surface area contributed by atoms with Gasteiger partial charge in [-0.15, -0.1) is 11.3 Å². The second-order valence-corrected chi connectivity index (χ2v) is 4.21. The van der Waals surface area contributed by atoms with Gasteiger partial charge in [0.1, 0.15) is 14.1 Å². The average Bonchev–Trinajstić information content (AvgIpc) is 2.08. The molecule has 9 heavy (non-hydrogen) atoms. The number of hydrogen-bond acceptors (Lipinski definition) is 4. The molecule has 0 fully saturated rings. The molecular formula is C3H5N3OS2. The van der Waals surface area contributed by atoms with Crippen LogP contribution in [0.1, 0.15) is 0 Å². The summed E-state index contributed by atoms with van der Waals surface area (Å²) >= 11 is 1.13. The van der Waals surface area contributed by atoms with Crippen LogP contribution in [-0.4, -0.2) is 9.19 Å². The van der Waals surface area contributed by atoms with Crippen LogP contribution in [0.5, 0.6) is 0 Å². The maximum atomic E-state index is 10.7. The van der Waals surface area contributed by atoms with Crippen LogP contribution in [0.2, 0.25) is 0 Å². The fraction of sp³-hybridized carbons (Fsp3) is 0. The Kier molecular flexibility index (Phi) is 1.52. The fourth-order valence-electron chi connectivity index (χ4n) is 0.354. The van der Waals surface area contributed by atoms with Crippen molar-refractivity contribution in [3.63, 3.8) is 0 Å². The lowest BCUT2D eigenvalue weighted by Gasteiger charge is -1.89. The van der Waals surface area contributed by atoms with E-state index in [4.69, 9.17) is 9.92 Å². The van der Waals surface area contributed by atoms with Gasteiger partial charge in [-0.2, -0.15) is 0 Å². The SMILES string of the molecule is N=S(N)(=O)c1cncs1. The Balaban J connectivity index is 3.20. The second-order valence-electron chi connectivity index (χ2n) is 1.42. The third-order valence-corrected chi connectivity index (χ3v) is 3.01. The summed E-state index contributed by atoms with van der Waals surface area (Å²) in [5.41, 5.74) is 1.50. The lowest BCUT2D eigenvalue weighted by molar-refractivity contribution is 0.677. The van der Waals surface area contributed by atoms with Crippen molar-refractivity contribution in [3.05, 3.63) is 11.7 Å². The molecule has 1 heterocycles. The molecule has 0 saturated heterocycles. The molecule has 0 radical (unpaired) electrons. The molecule has 0 aliphatic carbocycles. The van der Waals surface area contributed by atoms with E-state index in [-0.39, 0.29) is 0 Å². The summed E-state index contributed by atoms with van der Waals surface area (Å²) in [6.07, 6.45) is 1.35. The summed E-state index contributed by atoms with van der Waals surface area (Å²) in [7, 11) is -3.00. The number of nitrogens with one attached hydrogen (secondary N) is 1. The Labute approximate surface area is 56.8 Å². The number of nitrogens with zero attached hydrogens (tertiary/aromatic N) is 1. The van der Waals surface area contributed by atoms with E-state index in [0.29, 0.717) is 4.21 Å². The Morgan fingerprint density at radius 1 is 1.89 bits per heavy atom. The minimum Gasteiger partial charge on any atom is -0.252 e. The summed E-state index contributed by atoms with van der Waals surface area (Å²) in [6.45, 7) is 0. The molecule has 6 heteroatoms. The van der Waals surface area contributed by atoms with Gasteiger partial charge in [0, 0.05) is 0 Å². The Morgan fingerprint density at radius 3 is 2.78 bits per heavy atom. The van der Waals surface area contributed by atoms with Crippen LogP contribution in [0.25, 0.3) is 0 Å². The van der Waals surface area contributed by atoms with Crippen LogP contribution in [-0.2, 0) is 9.92 Å². The first-order valence-corrected chi connectivity index (χ1v) is 4.56. The highest BCUT2D eigenvalue weighted by molar-refractivity contribution is 7.92. The van der Waals surface area contributed by atoms with E-state index in [1.54, 1.807) is 0 Å². The van der Waals surface area contributed by atoms with Crippen molar-refractivity contribution in [3.8, 4) is 0 Å². The zero-order valence-electron chi connectivity index (χ0n) is 4.40. The number of aromatic nitrogens is 1. The van der Waals surface area contributed by atoms with Crippen molar-refractivity contribution in [2.45, 2.75) is 4.21 Å². The standard InChI is InChI=1S/C3H5N3OS2/c4-9(5,7)3-1-6-2-8-3/h1-2H,(H3,4,5,7). The number of thiazole rings is 1. The highest BCUT2D eigenvalue weighted by atomic mass is 32.2. The van der Waals surface area contributed by atoms with Crippen molar-refractivity contribution in [2.24, 2.45) is 5.14 Å². The Bertz CT molecular complexity index is 274. The molecule has 1 unspecified atom stereocenters. The van der Waals surface area contributed by atoms with Crippen molar-refractivity contribution in [1.29, 1.82) is 4.78 Å². The molecule has 1 aromatic rings. The minimum absolute atomic E-state index is 0.322. The topological polar surface area (TPSA) is 79.8 Å². The molecule has 1 rings (SSSR count). The highest BCUT2D eigenvalue weighted by Gasteiger charge is 2.02. The van der Waals surface area contributed by atoms with Crippen LogP contribution in [0.3, 0.4) is 0 Å². The first-order valence-electron chi connectivity index (χ1n) is 2.06. The summed E-state index contributed by atoms with van der Waals surface area (Å²) in [4.78, 5) is 3.63. The quantitative estimate of drug-likeness (QED) is 0.629. The largest absolute Gasteiger partial charge is 0.252 e. The zero-order chi connectivity index (χ0) is 6.91. The molecule has 0 bridgehead atoms. The predicted octanol–water partition coefficient (Wildman–Crippen LogP) is 0.422. The third kappa shape index (κ3) is 1.47. The molecule has 4 nitrogen and oxygen atoms in total. The van der Waals surface area contributed by atoms with Crippen LogP contribution >= 0.6 is 11.3 Å². The van der Waals surface area contributed by atoms with Crippen molar-refractivity contribution in [1.82, 2.24) is 4.98 Å². The lowest BCUT2D eigenvalue weighted by atomic mass is 11.0. The summed E-state index contributed by atoms with van der Waals surface area (Å²) < 4.78 is 17.9. The van der Waals surface area contributed by atoms with Gasteiger partial charge in [-0.05, 0) is 0 Å². The molecule has 0 saturated carbocycles. The van der Waals surface area contributed by atoms with Gasteiger partial charge < -0.3 is 0 Å². The maximum Gasteiger partial charge on any atom is 0.143 e. The second kappa shape index (κ2) is 2.05. The summed E-state index contributed by atoms with van der Waals surface area (Å²) in [6, 6.07) is 0. The smallest absolute Gasteiger partial charge is 0.143 e. The Hall–Kier alpha value is -0.460. The summed E-state index contributed by atoms with van der Waals surface area (Å²) in [5, 5.41) is 4.97. The van der Waals surface area contributed by atoms with Gasteiger partial charge in [0.15, 0.2) is 0 Å².